The molecule has 1 fully saturated rings. The van der Waals surface area contributed by atoms with Crippen LogP contribution in [0.5, 0.6) is 0 Å². The number of carbonyl (C=O) groups excluding carboxylic acids is 1. The summed E-state index contributed by atoms with van der Waals surface area (Å²) in [4.78, 5) is 19.6. The lowest BCUT2D eigenvalue weighted by Gasteiger charge is -2.31. The number of aromatic nitrogens is 5. The summed E-state index contributed by atoms with van der Waals surface area (Å²) in [5.74, 6) is 0.576. The highest BCUT2D eigenvalue weighted by atomic mass is 35.5. The maximum absolute atomic E-state index is 12.7. The Morgan fingerprint density at radius 1 is 1.21 bits per heavy atom. The van der Waals surface area contributed by atoms with Gasteiger partial charge in [0.25, 0.3) is 0 Å². The van der Waals surface area contributed by atoms with Gasteiger partial charge < -0.3 is 9.64 Å². The van der Waals surface area contributed by atoms with E-state index in [0.717, 1.165) is 61.5 Å². The molecule has 3 aromatic rings. The normalized spacial score (nSPS) is 16.6. The topological polar surface area (TPSA) is 77.5 Å². The van der Waals surface area contributed by atoms with Crippen molar-refractivity contribution in [1.29, 1.82) is 0 Å². The van der Waals surface area contributed by atoms with Crippen molar-refractivity contribution in [1.82, 2.24) is 29.3 Å². The second kappa shape index (κ2) is 10.2. The maximum Gasteiger partial charge on any atom is 0.224 e. The number of rotatable bonds is 6. The average Bonchev–Trinajstić information content (AvgIpc) is 3.43. The molecule has 9 heteroatoms. The van der Waals surface area contributed by atoms with Crippen molar-refractivity contribution in [3.8, 4) is 0 Å². The van der Waals surface area contributed by atoms with Crippen LogP contribution in [0.2, 0.25) is 0 Å². The summed E-state index contributed by atoms with van der Waals surface area (Å²) in [6.45, 7) is 4.78. The molecule has 0 spiro atoms. The van der Waals surface area contributed by atoms with Gasteiger partial charge in [0, 0.05) is 62.7 Å². The van der Waals surface area contributed by atoms with Gasteiger partial charge in [-0.05, 0) is 57.1 Å². The number of halogens is 1. The number of fused-ring (bicyclic) bond motifs is 2. The lowest BCUT2D eigenvalue weighted by Crippen LogP contribution is -2.38. The van der Waals surface area contributed by atoms with Crippen molar-refractivity contribution in [3.05, 3.63) is 46.7 Å². The number of carbonyl (C=O) groups is 1. The largest absolute Gasteiger partial charge is 0.378 e. The van der Waals surface area contributed by atoms with Gasteiger partial charge in [0.15, 0.2) is 5.65 Å². The number of ether oxygens (including phenoxy) is 1. The number of aryl methyl sites for hydroxylation is 3. The molecule has 0 unspecified atom stereocenters. The molecule has 2 aliphatic rings. The zero-order valence-corrected chi connectivity index (χ0v) is 20.3. The molecule has 1 aliphatic heterocycles. The second-order valence-corrected chi connectivity index (χ2v) is 9.06. The van der Waals surface area contributed by atoms with Gasteiger partial charge in [-0.25, -0.2) is 9.50 Å². The monoisotopic (exact) mass is 472 g/mol. The average molecular weight is 473 g/mol. The first kappa shape index (κ1) is 23.7. The number of nitrogens with zero attached hydrogens (tertiary/aromatic N) is 6. The van der Waals surface area contributed by atoms with Crippen LogP contribution >= 0.6 is 12.4 Å². The van der Waals surface area contributed by atoms with E-state index in [0.29, 0.717) is 25.5 Å². The van der Waals surface area contributed by atoms with Gasteiger partial charge in [-0.3, -0.25) is 9.48 Å². The number of hydrogen-bond donors (Lipinski definition) is 0. The van der Waals surface area contributed by atoms with Crippen LogP contribution in [0.3, 0.4) is 0 Å². The highest BCUT2D eigenvalue weighted by molar-refractivity contribution is 5.85. The van der Waals surface area contributed by atoms with E-state index in [1.54, 1.807) is 13.3 Å². The summed E-state index contributed by atoms with van der Waals surface area (Å²) in [6.07, 6.45) is 8.67. The van der Waals surface area contributed by atoms with Gasteiger partial charge in [0.1, 0.15) is 0 Å². The maximum atomic E-state index is 12.7. The van der Waals surface area contributed by atoms with Gasteiger partial charge in [0.05, 0.1) is 18.0 Å². The van der Waals surface area contributed by atoms with Gasteiger partial charge in [-0.2, -0.15) is 10.2 Å². The number of hydrogen-bond acceptors (Lipinski definition) is 5. The molecule has 0 atom stereocenters. The minimum absolute atomic E-state index is 0. The van der Waals surface area contributed by atoms with E-state index in [1.165, 1.54) is 24.1 Å². The Balaban J connectivity index is 0.00000259. The van der Waals surface area contributed by atoms with Gasteiger partial charge in [-0.15, -0.1) is 12.4 Å². The molecule has 33 heavy (non-hydrogen) atoms. The molecule has 0 radical (unpaired) electrons. The first-order valence-electron chi connectivity index (χ1n) is 11.8. The molecule has 5 rings (SSSR count). The highest BCUT2D eigenvalue weighted by Gasteiger charge is 2.27. The highest BCUT2D eigenvalue weighted by Crippen LogP contribution is 2.30. The number of piperidine rings is 1. The molecule has 1 amide bonds. The van der Waals surface area contributed by atoms with Crippen LogP contribution in [-0.2, 0) is 35.5 Å². The molecule has 8 nitrogen and oxygen atoms in total. The zero-order valence-electron chi connectivity index (χ0n) is 19.5. The molecule has 1 aliphatic carbocycles. The van der Waals surface area contributed by atoms with Crippen LogP contribution in [0.4, 0.5) is 0 Å². The quantitative estimate of drug-likeness (QED) is 0.549. The SMILES string of the molecule is COCc1c2c(nc3cc(C4CCN(C(=O)CCn5nccc5C)CC4)nn13)CCCC2.Cl. The van der Waals surface area contributed by atoms with Crippen LogP contribution in [0, 0.1) is 6.92 Å². The van der Waals surface area contributed by atoms with E-state index in [-0.39, 0.29) is 18.3 Å². The lowest BCUT2D eigenvalue weighted by molar-refractivity contribution is -0.132. The Hall–Kier alpha value is -2.45. The van der Waals surface area contributed by atoms with Crippen molar-refractivity contribution < 1.29 is 9.53 Å². The third-order valence-electron chi connectivity index (χ3n) is 7.02. The predicted octanol–water partition coefficient (Wildman–Crippen LogP) is 3.48. The smallest absolute Gasteiger partial charge is 0.224 e. The van der Waals surface area contributed by atoms with Gasteiger partial charge in [0.2, 0.25) is 5.91 Å². The van der Waals surface area contributed by atoms with E-state index in [9.17, 15) is 4.79 Å². The summed E-state index contributed by atoms with van der Waals surface area (Å²) in [5.41, 5.74) is 6.81. The molecule has 178 valence electrons. The van der Waals surface area contributed by atoms with E-state index < -0.39 is 0 Å². The van der Waals surface area contributed by atoms with Crippen LogP contribution in [0.25, 0.3) is 5.65 Å². The van der Waals surface area contributed by atoms with Crippen LogP contribution in [0.15, 0.2) is 18.3 Å². The van der Waals surface area contributed by atoms with Crippen LogP contribution in [-0.4, -0.2) is 55.4 Å². The standard InChI is InChI=1S/C24H32N6O2.ClH/c1-17-7-11-25-29(17)14-10-24(31)28-12-8-18(9-13-28)21-15-23-26-20-6-4-3-5-19(20)22(16-32-2)30(23)27-21;/h7,11,15,18H,3-6,8-10,12-14,16H2,1-2H3;1H. The molecule has 1 saturated heterocycles. The van der Waals surface area contributed by atoms with Crippen molar-refractivity contribution in [3.63, 3.8) is 0 Å². The Labute approximate surface area is 200 Å². The molecule has 3 aromatic heterocycles. The number of likely N-dealkylation sites (tertiary alicyclic amines) is 1. The Morgan fingerprint density at radius 3 is 2.73 bits per heavy atom. The molecule has 0 N–H and O–H groups in total. The van der Waals surface area contributed by atoms with Crippen LogP contribution < -0.4 is 0 Å². The molecular weight excluding hydrogens is 440 g/mol. The van der Waals surface area contributed by atoms with E-state index in [2.05, 4.69) is 11.2 Å². The lowest BCUT2D eigenvalue weighted by atomic mass is 9.93. The fourth-order valence-electron chi connectivity index (χ4n) is 5.16. The Kier molecular flexibility index (Phi) is 7.34. The summed E-state index contributed by atoms with van der Waals surface area (Å²) < 4.78 is 9.42. The van der Waals surface area contributed by atoms with Crippen molar-refractivity contribution >= 4 is 24.0 Å². The third kappa shape index (κ3) is 4.77. The minimum atomic E-state index is 0. The minimum Gasteiger partial charge on any atom is -0.378 e. The summed E-state index contributed by atoms with van der Waals surface area (Å²) in [5, 5.41) is 9.25. The zero-order chi connectivity index (χ0) is 22.1. The number of amides is 1. The first-order chi connectivity index (χ1) is 15.6. The molecule has 0 saturated carbocycles. The van der Waals surface area contributed by atoms with Crippen molar-refractivity contribution in [2.45, 2.75) is 70.9 Å². The van der Waals surface area contributed by atoms with Crippen molar-refractivity contribution in [2.75, 3.05) is 20.2 Å². The third-order valence-corrected chi connectivity index (χ3v) is 7.02. The Morgan fingerprint density at radius 2 is 2.00 bits per heavy atom. The fraction of sp³-hybridized carbons (Fsp3) is 0.583. The van der Waals surface area contributed by atoms with E-state index in [1.807, 2.05) is 27.1 Å². The molecular formula is C24H33ClN6O2. The fourth-order valence-corrected chi connectivity index (χ4v) is 5.16. The van der Waals surface area contributed by atoms with Crippen LogP contribution in [0.1, 0.15) is 66.4 Å². The number of methoxy groups -OCH3 is 1. The predicted molar refractivity (Wildman–Crippen MR) is 128 cm³/mol. The Bertz CT molecular complexity index is 1120. The van der Waals surface area contributed by atoms with Crippen molar-refractivity contribution in [2.24, 2.45) is 0 Å². The second-order valence-electron chi connectivity index (χ2n) is 9.06. The summed E-state index contributed by atoms with van der Waals surface area (Å²) in [7, 11) is 1.74. The first-order valence-corrected chi connectivity index (χ1v) is 11.8. The molecule has 0 aromatic carbocycles. The van der Waals surface area contributed by atoms with Gasteiger partial charge in [-0.1, -0.05) is 0 Å². The van der Waals surface area contributed by atoms with E-state index >= 15 is 0 Å². The molecule has 0 bridgehead atoms. The summed E-state index contributed by atoms with van der Waals surface area (Å²) >= 11 is 0. The molecule has 4 heterocycles. The van der Waals surface area contributed by atoms with E-state index in [4.69, 9.17) is 14.8 Å². The van der Waals surface area contributed by atoms with Gasteiger partial charge >= 0.3 is 0 Å². The summed E-state index contributed by atoms with van der Waals surface area (Å²) in [6, 6.07) is 4.12.